The van der Waals surface area contributed by atoms with E-state index < -0.39 is 7.12 Å². The molecular weight excluding hydrogens is 273 g/mol. The molecule has 3 nitrogen and oxygen atoms in total. The molecule has 110 valence electrons. The van der Waals surface area contributed by atoms with Crippen LogP contribution in [-0.2, 0) is 0 Å². The van der Waals surface area contributed by atoms with E-state index in [0.717, 1.165) is 17.1 Å². The van der Waals surface area contributed by atoms with E-state index in [1.165, 1.54) is 0 Å². The third-order valence-electron chi connectivity index (χ3n) is 3.78. The van der Waals surface area contributed by atoms with Crippen molar-refractivity contribution >= 4 is 18.5 Å². The lowest BCUT2D eigenvalue weighted by molar-refractivity contribution is 0.394. The maximum Gasteiger partial charge on any atom is 0.459 e. The van der Waals surface area contributed by atoms with E-state index in [2.05, 4.69) is 29.2 Å². The molecule has 2 aromatic carbocycles. The predicted octanol–water partition coefficient (Wildman–Crippen LogP) is 3.51. The van der Waals surface area contributed by atoms with E-state index in [4.69, 9.17) is 0 Å². The maximum absolute atomic E-state index is 9.30. The zero-order valence-electron chi connectivity index (χ0n) is 12.2. The molecule has 1 atom stereocenters. The molecule has 0 saturated heterocycles. The molecule has 0 saturated carbocycles. The van der Waals surface area contributed by atoms with Gasteiger partial charge in [0, 0.05) is 22.9 Å². The van der Waals surface area contributed by atoms with Gasteiger partial charge in [0.05, 0.1) is 0 Å². The molecule has 3 rings (SSSR count). The summed E-state index contributed by atoms with van der Waals surface area (Å²) in [6.07, 6.45) is 6.47. The van der Waals surface area contributed by atoms with Gasteiger partial charge in [-0.3, -0.25) is 0 Å². The highest BCUT2D eigenvalue weighted by atomic mass is 16.4. The largest absolute Gasteiger partial charge is 0.459 e. The summed E-state index contributed by atoms with van der Waals surface area (Å²) in [7, 11) is -1.31. The fraction of sp³-hybridized carbons (Fsp3) is 0.111. The van der Waals surface area contributed by atoms with Crippen molar-refractivity contribution in [2.24, 2.45) is 0 Å². The minimum Gasteiger partial charge on any atom is -0.427 e. The number of rotatable bonds is 4. The molecule has 0 heterocycles. The summed E-state index contributed by atoms with van der Waals surface area (Å²) >= 11 is 0. The Balaban J connectivity index is 1.96. The van der Waals surface area contributed by atoms with Crippen LogP contribution in [0, 0.1) is 0 Å². The molecule has 0 bridgehead atoms. The second-order valence-electron chi connectivity index (χ2n) is 5.31. The summed E-state index contributed by atoms with van der Waals surface area (Å²) in [5, 5.41) is 18.6. The number of hydrogen-bond acceptors (Lipinski definition) is 3. The third kappa shape index (κ3) is 3.13. The lowest BCUT2D eigenvalue weighted by Crippen LogP contribution is -2.22. The molecule has 0 radical (unpaired) electrons. The summed E-state index contributed by atoms with van der Waals surface area (Å²) in [5.41, 5.74) is 3.19. The first-order chi connectivity index (χ1) is 10.8. The van der Waals surface area contributed by atoms with Gasteiger partial charge in [0.2, 0.25) is 0 Å². The van der Waals surface area contributed by atoms with Crippen LogP contribution in [0.2, 0.25) is 5.82 Å². The second kappa shape index (κ2) is 6.64. The van der Waals surface area contributed by atoms with Gasteiger partial charge in [-0.2, -0.15) is 0 Å². The fourth-order valence-corrected chi connectivity index (χ4v) is 2.61. The minimum absolute atomic E-state index is 0.239. The van der Waals surface area contributed by atoms with Crippen molar-refractivity contribution in [1.29, 1.82) is 0 Å². The molecular formula is C18H18BNO2. The van der Waals surface area contributed by atoms with Gasteiger partial charge in [-0.15, -0.1) is 0 Å². The number of anilines is 2. The molecule has 1 aliphatic rings. The van der Waals surface area contributed by atoms with Crippen molar-refractivity contribution < 1.29 is 10.0 Å². The first-order valence-corrected chi connectivity index (χ1v) is 7.40. The maximum atomic E-state index is 9.30. The van der Waals surface area contributed by atoms with E-state index >= 15 is 0 Å². The summed E-state index contributed by atoms with van der Waals surface area (Å²) in [5.74, 6) is -0.239. The quantitative estimate of drug-likeness (QED) is 0.847. The Morgan fingerprint density at radius 3 is 1.82 bits per heavy atom. The molecule has 0 aliphatic heterocycles. The highest BCUT2D eigenvalue weighted by Crippen LogP contribution is 2.33. The first-order valence-electron chi connectivity index (χ1n) is 7.40. The summed E-state index contributed by atoms with van der Waals surface area (Å²) in [4.78, 5) is 2.16. The van der Waals surface area contributed by atoms with Crippen LogP contribution in [0.4, 0.5) is 11.4 Å². The third-order valence-corrected chi connectivity index (χ3v) is 3.78. The molecule has 2 aromatic rings. The SMILES string of the molecule is OB(O)C1C=CC(N(c2ccccc2)c2ccccc2)=CC1. The standard InChI is InChI=1S/C18H18BNO2/c21-19(22)15-11-13-18(14-12-15)20(16-7-3-1-4-8-16)17-9-5-2-6-10-17/h1-11,13-15,21-22H,12H2. The molecule has 22 heavy (non-hydrogen) atoms. The lowest BCUT2D eigenvalue weighted by Gasteiger charge is -2.28. The van der Waals surface area contributed by atoms with Crippen molar-refractivity contribution in [1.82, 2.24) is 0 Å². The first kappa shape index (κ1) is 14.6. The Labute approximate surface area is 131 Å². The molecule has 1 unspecified atom stereocenters. The van der Waals surface area contributed by atoms with Gasteiger partial charge in [0.25, 0.3) is 0 Å². The van der Waals surface area contributed by atoms with E-state index in [1.54, 1.807) is 0 Å². The van der Waals surface area contributed by atoms with Crippen LogP contribution in [0.1, 0.15) is 6.42 Å². The number of para-hydroxylation sites is 2. The van der Waals surface area contributed by atoms with Crippen LogP contribution in [0.25, 0.3) is 0 Å². The summed E-state index contributed by atoms with van der Waals surface area (Å²) < 4.78 is 0. The monoisotopic (exact) mass is 291 g/mol. The number of nitrogens with zero attached hydrogens (tertiary/aromatic N) is 1. The van der Waals surface area contributed by atoms with Crippen LogP contribution in [0.3, 0.4) is 0 Å². The zero-order valence-corrected chi connectivity index (χ0v) is 12.2. The molecule has 0 aromatic heterocycles. The van der Waals surface area contributed by atoms with Gasteiger partial charge < -0.3 is 14.9 Å². The van der Waals surface area contributed by atoms with E-state index in [9.17, 15) is 10.0 Å². The number of allylic oxidation sites excluding steroid dienone is 3. The summed E-state index contributed by atoms with van der Waals surface area (Å²) in [6, 6.07) is 20.3. The van der Waals surface area contributed by atoms with Gasteiger partial charge >= 0.3 is 7.12 Å². The second-order valence-corrected chi connectivity index (χ2v) is 5.31. The molecule has 0 amide bonds. The van der Waals surface area contributed by atoms with Crippen molar-refractivity contribution in [2.75, 3.05) is 4.90 Å². The molecule has 0 spiro atoms. The van der Waals surface area contributed by atoms with Gasteiger partial charge in [0.1, 0.15) is 0 Å². The lowest BCUT2D eigenvalue weighted by atomic mass is 9.69. The highest BCUT2D eigenvalue weighted by molar-refractivity contribution is 6.44. The Kier molecular flexibility index (Phi) is 4.42. The van der Waals surface area contributed by atoms with Crippen molar-refractivity contribution in [3.8, 4) is 0 Å². The molecule has 1 aliphatic carbocycles. The average molecular weight is 291 g/mol. The van der Waals surface area contributed by atoms with Crippen LogP contribution < -0.4 is 4.90 Å². The number of benzene rings is 2. The Morgan fingerprint density at radius 2 is 1.41 bits per heavy atom. The topological polar surface area (TPSA) is 43.7 Å². The Bertz CT molecular complexity index is 629. The van der Waals surface area contributed by atoms with Crippen LogP contribution >= 0.6 is 0 Å². The van der Waals surface area contributed by atoms with Crippen molar-refractivity contribution in [3.05, 3.63) is 84.6 Å². The number of hydrogen-bond donors (Lipinski definition) is 2. The smallest absolute Gasteiger partial charge is 0.427 e. The van der Waals surface area contributed by atoms with Crippen LogP contribution in [0.15, 0.2) is 84.6 Å². The van der Waals surface area contributed by atoms with Gasteiger partial charge in [-0.05, 0) is 36.8 Å². The van der Waals surface area contributed by atoms with Gasteiger partial charge in [0.15, 0.2) is 0 Å². The average Bonchev–Trinajstić information content (AvgIpc) is 2.57. The van der Waals surface area contributed by atoms with E-state index in [0.29, 0.717) is 6.42 Å². The molecule has 2 N–H and O–H groups in total. The van der Waals surface area contributed by atoms with Crippen molar-refractivity contribution in [3.63, 3.8) is 0 Å². The summed E-state index contributed by atoms with van der Waals surface area (Å²) in [6.45, 7) is 0. The van der Waals surface area contributed by atoms with Crippen molar-refractivity contribution in [2.45, 2.75) is 12.2 Å². The van der Waals surface area contributed by atoms with Gasteiger partial charge in [-0.25, -0.2) is 0 Å². The molecule has 0 fully saturated rings. The zero-order chi connectivity index (χ0) is 15.4. The van der Waals surface area contributed by atoms with Crippen LogP contribution in [0.5, 0.6) is 0 Å². The predicted molar refractivity (Wildman–Crippen MR) is 90.8 cm³/mol. The fourth-order valence-electron chi connectivity index (χ4n) is 2.61. The van der Waals surface area contributed by atoms with E-state index in [1.807, 2.05) is 54.6 Å². The van der Waals surface area contributed by atoms with E-state index in [-0.39, 0.29) is 5.82 Å². The van der Waals surface area contributed by atoms with Gasteiger partial charge in [-0.1, -0.05) is 48.6 Å². The Morgan fingerprint density at radius 1 is 0.864 bits per heavy atom. The molecule has 4 heteroatoms. The Hall–Kier alpha value is -2.30. The highest BCUT2D eigenvalue weighted by Gasteiger charge is 2.23. The van der Waals surface area contributed by atoms with Crippen LogP contribution in [-0.4, -0.2) is 17.2 Å². The minimum atomic E-state index is -1.31. The normalized spacial score (nSPS) is 17.0.